The number of ether oxygens (including phenoxy) is 1. The highest BCUT2D eigenvalue weighted by atomic mass is 16.5. The molecule has 0 N–H and O–H groups in total. The molecule has 0 aromatic carbocycles. The Kier molecular flexibility index (Phi) is 3.19. The molecule has 0 spiro atoms. The van der Waals surface area contributed by atoms with Crippen LogP contribution in [0.3, 0.4) is 0 Å². The largest absolute Gasteiger partial charge is 0.465 e. The highest BCUT2D eigenvalue weighted by Crippen LogP contribution is 2.28. The number of nitrogens with zero attached hydrogens (tertiary/aromatic N) is 1. The molecule has 0 aliphatic heterocycles. The summed E-state index contributed by atoms with van der Waals surface area (Å²) < 4.78 is 9.84. The summed E-state index contributed by atoms with van der Waals surface area (Å²) >= 11 is 0. The van der Waals surface area contributed by atoms with Gasteiger partial charge in [0.1, 0.15) is 5.56 Å². The van der Waals surface area contributed by atoms with Gasteiger partial charge in [0.05, 0.1) is 13.3 Å². The Morgan fingerprint density at radius 1 is 1.39 bits per heavy atom. The van der Waals surface area contributed by atoms with Gasteiger partial charge in [0.25, 0.3) is 0 Å². The number of hydrogen-bond donors (Lipinski definition) is 0. The van der Waals surface area contributed by atoms with Gasteiger partial charge in [-0.2, -0.15) is 0 Å². The van der Waals surface area contributed by atoms with E-state index < -0.39 is 5.97 Å². The summed E-state index contributed by atoms with van der Waals surface area (Å²) in [5.41, 5.74) is 1.11. The van der Waals surface area contributed by atoms with Crippen molar-refractivity contribution >= 4 is 11.5 Å². The first-order chi connectivity index (χ1) is 8.53. The SMILES string of the molecule is COC(=O)c1cnoc1C1=CC=CC(C)(C)C=C1. The zero-order valence-corrected chi connectivity index (χ0v) is 10.6. The van der Waals surface area contributed by atoms with Gasteiger partial charge in [0, 0.05) is 11.0 Å². The summed E-state index contributed by atoms with van der Waals surface area (Å²) in [5, 5.41) is 3.66. The van der Waals surface area contributed by atoms with Crippen molar-refractivity contribution in [3.8, 4) is 0 Å². The number of allylic oxidation sites excluding steroid dienone is 6. The first-order valence-electron chi connectivity index (χ1n) is 5.65. The van der Waals surface area contributed by atoms with Crippen LogP contribution in [0.25, 0.3) is 5.57 Å². The second kappa shape index (κ2) is 4.64. The maximum absolute atomic E-state index is 11.6. The van der Waals surface area contributed by atoms with Crippen LogP contribution in [0.1, 0.15) is 30.0 Å². The van der Waals surface area contributed by atoms with E-state index in [2.05, 4.69) is 25.1 Å². The second-order valence-electron chi connectivity index (χ2n) is 4.70. The Morgan fingerprint density at radius 2 is 2.17 bits per heavy atom. The average molecular weight is 245 g/mol. The number of aromatic nitrogens is 1. The van der Waals surface area contributed by atoms with Gasteiger partial charge in [-0.1, -0.05) is 49.4 Å². The summed E-state index contributed by atoms with van der Waals surface area (Å²) in [6.45, 7) is 4.19. The Hall–Kier alpha value is -2.10. The molecule has 1 aromatic rings. The number of esters is 1. The summed E-state index contributed by atoms with van der Waals surface area (Å²) in [5.74, 6) is -0.0199. The third-order valence-electron chi connectivity index (χ3n) is 2.73. The first-order valence-corrected chi connectivity index (χ1v) is 5.65. The number of carbonyl (C=O) groups excluding carboxylic acids is 1. The molecule has 18 heavy (non-hydrogen) atoms. The lowest BCUT2D eigenvalue weighted by Gasteiger charge is -2.12. The van der Waals surface area contributed by atoms with E-state index in [1.165, 1.54) is 13.3 Å². The van der Waals surface area contributed by atoms with Gasteiger partial charge in [-0.3, -0.25) is 0 Å². The minimum absolute atomic E-state index is 0.0241. The van der Waals surface area contributed by atoms with Crippen LogP contribution < -0.4 is 0 Å². The minimum Gasteiger partial charge on any atom is -0.465 e. The summed E-state index contributed by atoms with van der Waals surface area (Å²) in [6.07, 6.45) is 11.2. The lowest BCUT2D eigenvalue weighted by atomic mass is 9.93. The summed E-state index contributed by atoms with van der Waals surface area (Å²) in [6, 6.07) is 0. The molecule has 0 bridgehead atoms. The zero-order chi connectivity index (χ0) is 13.2. The normalized spacial score (nSPS) is 17.2. The molecule has 1 aliphatic carbocycles. The molecule has 1 heterocycles. The van der Waals surface area contributed by atoms with Crippen molar-refractivity contribution in [2.24, 2.45) is 5.41 Å². The molecule has 4 heteroatoms. The van der Waals surface area contributed by atoms with Crippen LogP contribution in [0.4, 0.5) is 0 Å². The fourth-order valence-electron chi connectivity index (χ4n) is 1.67. The van der Waals surface area contributed by atoms with Crippen molar-refractivity contribution in [3.63, 3.8) is 0 Å². The second-order valence-corrected chi connectivity index (χ2v) is 4.70. The third kappa shape index (κ3) is 2.42. The molecule has 4 nitrogen and oxygen atoms in total. The fourth-order valence-corrected chi connectivity index (χ4v) is 1.67. The third-order valence-corrected chi connectivity index (χ3v) is 2.73. The van der Waals surface area contributed by atoms with E-state index >= 15 is 0 Å². The Labute approximate surface area is 106 Å². The van der Waals surface area contributed by atoms with Crippen LogP contribution in [-0.4, -0.2) is 18.2 Å². The lowest BCUT2D eigenvalue weighted by Crippen LogP contribution is -2.02. The molecule has 1 aromatic heterocycles. The van der Waals surface area contributed by atoms with Gasteiger partial charge >= 0.3 is 5.97 Å². The van der Waals surface area contributed by atoms with E-state index in [0.717, 1.165) is 5.57 Å². The maximum Gasteiger partial charge on any atom is 0.343 e. The molecule has 0 radical (unpaired) electrons. The molecule has 0 unspecified atom stereocenters. The first kappa shape index (κ1) is 12.4. The van der Waals surface area contributed by atoms with E-state index in [1.807, 2.05) is 24.3 Å². The summed E-state index contributed by atoms with van der Waals surface area (Å²) in [7, 11) is 1.33. The van der Waals surface area contributed by atoms with Gasteiger partial charge in [0.2, 0.25) is 0 Å². The van der Waals surface area contributed by atoms with Crippen LogP contribution in [0.15, 0.2) is 41.1 Å². The van der Waals surface area contributed by atoms with Crippen molar-refractivity contribution in [1.29, 1.82) is 0 Å². The molecule has 0 amide bonds. The van der Waals surface area contributed by atoms with Crippen LogP contribution >= 0.6 is 0 Å². The van der Waals surface area contributed by atoms with E-state index in [4.69, 9.17) is 9.26 Å². The minimum atomic E-state index is -0.451. The van der Waals surface area contributed by atoms with Gasteiger partial charge in [-0.15, -0.1) is 0 Å². The van der Waals surface area contributed by atoms with Crippen molar-refractivity contribution in [3.05, 3.63) is 47.9 Å². The molecule has 1 aliphatic rings. The van der Waals surface area contributed by atoms with Gasteiger partial charge in [0.15, 0.2) is 5.76 Å². The fraction of sp³-hybridized carbons (Fsp3) is 0.286. The monoisotopic (exact) mass is 245 g/mol. The molecular formula is C14H15NO3. The molecular weight excluding hydrogens is 230 g/mol. The Morgan fingerprint density at radius 3 is 2.89 bits per heavy atom. The number of carbonyl (C=O) groups is 1. The quantitative estimate of drug-likeness (QED) is 0.751. The zero-order valence-electron chi connectivity index (χ0n) is 10.6. The molecule has 0 saturated heterocycles. The van der Waals surface area contributed by atoms with E-state index in [9.17, 15) is 4.79 Å². The van der Waals surface area contributed by atoms with Crippen molar-refractivity contribution in [1.82, 2.24) is 5.16 Å². The standard InChI is InChI=1S/C14H15NO3/c1-14(2)7-4-5-10(6-8-14)12-11(9-15-18-12)13(16)17-3/h4-9H,1-3H3. The molecule has 0 atom stereocenters. The van der Waals surface area contributed by atoms with Gasteiger partial charge < -0.3 is 9.26 Å². The van der Waals surface area contributed by atoms with Crippen molar-refractivity contribution in [2.45, 2.75) is 13.8 Å². The van der Waals surface area contributed by atoms with Crippen LogP contribution in [0, 0.1) is 5.41 Å². The molecule has 0 saturated carbocycles. The molecule has 2 rings (SSSR count). The topological polar surface area (TPSA) is 52.3 Å². The summed E-state index contributed by atoms with van der Waals surface area (Å²) in [4.78, 5) is 11.6. The smallest absolute Gasteiger partial charge is 0.343 e. The van der Waals surface area contributed by atoms with E-state index in [1.54, 1.807) is 0 Å². The predicted molar refractivity (Wildman–Crippen MR) is 67.9 cm³/mol. The average Bonchev–Trinajstić information content (AvgIpc) is 2.74. The van der Waals surface area contributed by atoms with Crippen LogP contribution in [-0.2, 0) is 4.74 Å². The number of hydrogen-bond acceptors (Lipinski definition) is 4. The Balaban J connectivity index is 2.39. The van der Waals surface area contributed by atoms with E-state index in [-0.39, 0.29) is 5.41 Å². The van der Waals surface area contributed by atoms with Crippen LogP contribution in [0.2, 0.25) is 0 Å². The predicted octanol–water partition coefficient (Wildman–Crippen LogP) is 3.00. The van der Waals surface area contributed by atoms with Crippen LogP contribution in [0.5, 0.6) is 0 Å². The van der Waals surface area contributed by atoms with Gasteiger partial charge in [-0.25, -0.2) is 4.79 Å². The Bertz CT molecular complexity index is 547. The maximum atomic E-state index is 11.6. The van der Waals surface area contributed by atoms with Gasteiger partial charge in [-0.05, 0) is 0 Å². The van der Waals surface area contributed by atoms with E-state index in [0.29, 0.717) is 11.3 Å². The highest BCUT2D eigenvalue weighted by Gasteiger charge is 2.20. The van der Waals surface area contributed by atoms with Crippen molar-refractivity contribution in [2.75, 3.05) is 7.11 Å². The molecule has 0 fully saturated rings. The van der Waals surface area contributed by atoms with Crippen molar-refractivity contribution < 1.29 is 14.1 Å². The molecule has 94 valence electrons. The number of rotatable bonds is 2. The highest BCUT2D eigenvalue weighted by molar-refractivity contribution is 5.95. The number of methoxy groups -OCH3 is 1. The lowest BCUT2D eigenvalue weighted by molar-refractivity contribution is 0.0599.